The predicted molar refractivity (Wildman–Crippen MR) is 542 cm³/mol. The van der Waals surface area contributed by atoms with Gasteiger partial charge in [0, 0.05) is 44.5 Å². The molecule has 0 radical (unpaired) electrons. The first-order valence-electron chi connectivity index (χ1n) is 43.8. The molecule has 0 spiro atoms. The fraction of sp³-hybridized carbons (Fsp3) is 0.0496. The smallest absolute Gasteiger partial charge is 0.164 e. The van der Waals surface area contributed by atoms with Crippen LogP contribution in [0.2, 0.25) is 0 Å². The summed E-state index contributed by atoms with van der Waals surface area (Å²) in [7, 11) is 0. The summed E-state index contributed by atoms with van der Waals surface area (Å²) < 4.78 is 0. The molecule has 0 bridgehead atoms. The molecule has 0 aliphatic rings. The van der Waals surface area contributed by atoms with Gasteiger partial charge >= 0.3 is 0 Å². The SMILES string of the molecule is Cc1cc(-c2ccccc2)ccc1-c1ccccc1.Cc1ccc(-c2nc(-c3ccccc3)nc(-c3ccccc3)n2)cc1.Cc1ccc2cc(-c3ccc4ccccc4c3)ccc2c1.Cc1ccc2ccc(-c3ccc4ccccc4c3)cc2c1.Cc1cccc(-c2nc(-c3ccccc3)nc(-c3ccccc3)n2)c1.Cc1nc(-c2ccccc2)nc(-c2ccccc2)n1. The van der Waals surface area contributed by atoms with Crippen LogP contribution in [0.4, 0.5) is 0 Å². The molecule has 0 saturated carbocycles. The van der Waals surface area contributed by atoms with E-state index in [0.29, 0.717) is 46.6 Å². The Balaban J connectivity index is 0.000000110. The lowest BCUT2D eigenvalue weighted by Crippen LogP contribution is -2.00. The molecule has 3 aromatic heterocycles. The van der Waals surface area contributed by atoms with E-state index in [1.165, 1.54) is 115 Å². The molecule has 9 nitrogen and oxygen atoms in total. The van der Waals surface area contributed by atoms with Gasteiger partial charge in [-0.15, -0.1) is 0 Å². The Kier molecular flexibility index (Phi) is 27.2. The number of benzene rings is 19. The summed E-state index contributed by atoms with van der Waals surface area (Å²) in [6, 6.07) is 161. The van der Waals surface area contributed by atoms with Crippen LogP contribution in [0.25, 0.3) is 179 Å². The van der Waals surface area contributed by atoms with Gasteiger partial charge in [0.15, 0.2) is 46.6 Å². The first-order chi connectivity index (χ1) is 63.8. The lowest BCUT2D eigenvalue weighted by molar-refractivity contribution is 0.992. The fourth-order valence-corrected chi connectivity index (χ4v) is 15.5. The van der Waals surface area contributed by atoms with Crippen molar-refractivity contribution >= 4 is 43.1 Å². The van der Waals surface area contributed by atoms with E-state index >= 15 is 0 Å². The molecule has 3 heterocycles. The summed E-state index contributed by atoms with van der Waals surface area (Å²) in [5.41, 5.74) is 24.5. The first kappa shape index (κ1) is 85.4. The topological polar surface area (TPSA) is 116 Å². The van der Waals surface area contributed by atoms with E-state index in [9.17, 15) is 0 Å². The summed E-state index contributed by atoms with van der Waals surface area (Å²) in [5.74, 6) is 6.28. The molecule has 0 aliphatic heterocycles. The predicted octanol–water partition coefficient (Wildman–Crippen LogP) is 31.1. The van der Waals surface area contributed by atoms with E-state index in [0.717, 1.165) is 50.3 Å². The Morgan fingerprint density at radius 2 is 0.354 bits per heavy atom. The van der Waals surface area contributed by atoms with Crippen molar-refractivity contribution in [3.63, 3.8) is 0 Å². The van der Waals surface area contributed by atoms with Crippen LogP contribution in [-0.4, -0.2) is 44.9 Å². The minimum Gasteiger partial charge on any atom is -0.213 e. The minimum absolute atomic E-state index is 0.685. The Labute approximate surface area is 760 Å². The summed E-state index contributed by atoms with van der Waals surface area (Å²) in [6.45, 7) is 12.5. The van der Waals surface area contributed by atoms with Gasteiger partial charge in [0.05, 0.1) is 0 Å². The van der Waals surface area contributed by atoms with E-state index in [1.807, 2.05) is 213 Å². The maximum atomic E-state index is 4.72. The highest BCUT2D eigenvalue weighted by molar-refractivity contribution is 5.94. The number of hydrogen-bond donors (Lipinski definition) is 0. The second-order valence-corrected chi connectivity index (χ2v) is 32.1. The Hall–Kier alpha value is -16.8. The summed E-state index contributed by atoms with van der Waals surface area (Å²) in [4.78, 5) is 41.6. The van der Waals surface area contributed by atoms with Crippen molar-refractivity contribution in [2.24, 2.45) is 0 Å². The highest BCUT2D eigenvalue weighted by atomic mass is 15.0. The van der Waals surface area contributed by atoms with Gasteiger partial charge in [-0.3, -0.25) is 0 Å². The zero-order valence-corrected chi connectivity index (χ0v) is 73.5. The van der Waals surface area contributed by atoms with Gasteiger partial charge in [-0.05, 0) is 165 Å². The molecule has 9 heteroatoms. The van der Waals surface area contributed by atoms with Gasteiger partial charge in [0.1, 0.15) is 5.82 Å². The number of nitrogens with zero attached hydrogens (tertiary/aromatic N) is 9. The van der Waals surface area contributed by atoms with Crippen LogP contribution in [0.5, 0.6) is 0 Å². The van der Waals surface area contributed by atoms with E-state index in [4.69, 9.17) is 29.9 Å². The second-order valence-electron chi connectivity index (χ2n) is 32.1. The monoisotopic (exact) mass is 1670 g/mol. The van der Waals surface area contributed by atoms with E-state index in [-0.39, 0.29) is 0 Å². The molecule has 22 rings (SSSR count). The summed E-state index contributed by atoms with van der Waals surface area (Å²) >= 11 is 0. The van der Waals surface area contributed by atoms with Gasteiger partial charge in [-0.2, -0.15) is 0 Å². The van der Waals surface area contributed by atoms with Crippen LogP contribution < -0.4 is 0 Å². The molecule has 0 saturated heterocycles. The molecule has 22 aromatic rings. The lowest BCUT2D eigenvalue weighted by Gasteiger charge is -2.09. The van der Waals surface area contributed by atoms with Gasteiger partial charge in [-0.25, -0.2) is 44.9 Å². The van der Waals surface area contributed by atoms with E-state index in [2.05, 4.69) is 310 Å². The molecular formula is C121H95N9. The van der Waals surface area contributed by atoms with Crippen LogP contribution >= 0.6 is 0 Å². The highest BCUT2D eigenvalue weighted by Gasteiger charge is 2.16. The van der Waals surface area contributed by atoms with Gasteiger partial charge in [0.2, 0.25) is 0 Å². The molecular weight excluding hydrogens is 1580 g/mol. The van der Waals surface area contributed by atoms with E-state index in [1.54, 1.807) is 0 Å². The van der Waals surface area contributed by atoms with Crippen LogP contribution in [0.3, 0.4) is 0 Å². The fourth-order valence-electron chi connectivity index (χ4n) is 15.5. The van der Waals surface area contributed by atoms with Crippen molar-refractivity contribution in [1.29, 1.82) is 0 Å². The molecule has 624 valence electrons. The van der Waals surface area contributed by atoms with Crippen LogP contribution in [-0.2, 0) is 0 Å². The summed E-state index contributed by atoms with van der Waals surface area (Å²) in [5, 5.41) is 10.4. The molecule has 0 N–H and O–H groups in total. The number of aromatic nitrogens is 9. The zero-order valence-electron chi connectivity index (χ0n) is 73.5. The Morgan fingerprint density at radius 3 is 0.731 bits per heavy atom. The number of hydrogen-bond acceptors (Lipinski definition) is 9. The third-order valence-electron chi connectivity index (χ3n) is 22.4. The van der Waals surface area contributed by atoms with Gasteiger partial charge in [0.25, 0.3) is 0 Å². The van der Waals surface area contributed by atoms with Crippen molar-refractivity contribution in [2.75, 3.05) is 0 Å². The lowest BCUT2D eigenvalue weighted by atomic mass is 9.96. The Bertz CT molecular complexity index is 7380. The van der Waals surface area contributed by atoms with E-state index < -0.39 is 0 Å². The van der Waals surface area contributed by atoms with Crippen LogP contribution in [0.1, 0.15) is 33.6 Å². The van der Waals surface area contributed by atoms with Crippen molar-refractivity contribution in [3.8, 4) is 136 Å². The maximum Gasteiger partial charge on any atom is 0.164 e. The second kappa shape index (κ2) is 41.4. The van der Waals surface area contributed by atoms with Gasteiger partial charge in [-0.1, -0.05) is 459 Å². The van der Waals surface area contributed by atoms with Gasteiger partial charge < -0.3 is 0 Å². The molecule has 0 aliphatic carbocycles. The quantitative estimate of drug-likeness (QED) is 0.118. The third-order valence-corrected chi connectivity index (χ3v) is 22.4. The largest absolute Gasteiger partial charge is 0.213 e. The Morgan fingerprint density at radius 1 is 0.123 bits per heavy atom. The van der Waals surface area contributed by atoms with Crippen molar-refractivity contribution < 1.29 is 0 Å². The zero-order chi connectivity index (χ0) is 88.8. The normalized spacial score (nSPS) is 10.7. The molecule has 19 aromatic carbocycles. The minimum atomic E-state index is 0.685. The van der Waals surface area contributed by atoms with Crippen molar-refractivity contribution in [2.45, 2.75) is 41.5 Å². The molecule has 130 heavy (non-hydrogen) atoms. The summed E-state index contributed by atoms with van der Waals surface area (Å²) in [6.07, 6.45) is 0. The molecule has 0 fully saturated rings. The van der Waals surface area contributed by atoms with Crippen LogP contribution in [0, 0.1) is 41.5 Å². The molecule has 0 atom stereocenters. The first-order valence-corrected chi connectivity index (χ1v) is 43.8. The number of fused-ring (bicyclic) bond motifs is 4. The van der Waals surface area contributed by atoms with Crippen molar-refractivity contribution in [3.05, 3.63) is 501 Å². The third kappa shape index (κ3) is 21.9. The standard InChI is InChI=1S/2C22H17N3.2C21H16.C19H16.C16H13N3/c1-16-9-8-14-19(15-16)22-24-20(17-10-4-2-5-11-17)23-21(25-22)18-12-6-3-7-13-18;1-16-12-14-19(15-13-16)22-24-20(17-8-4-2-5-9-17)23-21(25-22)18-10-6-3-7-11-18;1-15-6-7-17-9-11-20(14-21(17)12-15)19-10-8-16-4-2-3-5-18(16)13-19;1-15-6-7-19-14-21(11-10-18(19)12-15)20-9-8-16-4-2-3-5-17(16)13-20;1-15-14-18(16-8-4-2-5-9-16)12-13-19(15)17-10-6-3-7-11-17;1-12-17-15(13-8-4-2-5-9-13)19-16(18-12)14-10-6-3-7-11-14/h2*2-15H,1H3;2*2-14H,1H3;2-14H,1H3;2-11H,1H3. The molecule has 0 unspecified atom stereocenters. The maximum absolute atomic E-state index is 4.72. The average Bonchev–Trinajstić information content (AvgIpc) is 0.805. The van der Waals surface area contributed by atoms with Crippen molar-refractivity contribution in [1.82, 2.24) is 44.9 Å². The average molecular weight is 1680 g/mol. The molecule has 0 amide bonds. The highest BCUT2D eigenvalue weighted by Crippen LogP contribution is 2.35. The number of aryl methyl sites for hydroxylation is 6. The number of rotatable bonds is 12. The van der Waals surface area contributed by atoms with Crippen LogP contribution in [0.15, 0.2) is 467 Å².